The molecule has 1 aliphatic rings. The van der Waals surface area contributed by atoms with Crippen LogP contribution in [0.15, 0.2) is 24.3 Å². The van der Waals surface area contributed by atoms with Crippen LogP contribution in [0.3, 0.4) is 0 Å². The third-order valence-corrected chi connectivity index (χ3v) is 3.49. The number of aryl methyl sites for hydroxylation is 1. The molecule has 0 aromatic heterocycles. The molecule has 1 aromatic carbocycles. The zero-order valence-corrected chi connectivity index (χ0v) is 10.2. The molecule has 0 bridgehead atoms. The van der Waals surface area contributed by atoms with Crippen molar-refractivity contribution < 1.29 is 4.79 Å². The highest BCUT2D eigenvalue weighted by Gasteiger charge is 2.32. The normalized spacial score (nSPS) is 17.1. The maximum atomic E-state index is 12.2. The summed E-state index contributed by atoms with van der Waals surface area (Å²) in [5.74, 6) is 1.21. The van der Waals surface area contributed by atoms with Crippen LogP contribution in [-0.2, 0) is 6.42 Å². The van der Waals surface area contributed by atoms with Gasteiger partial charge in [-0.15, -0.1) is 0 Å². The van der Waals surface area contributed by atoms with Crippen molar-refractivity contribution in [1.29, 1.82) is 0 Å². The van der Waals surface area contributed by atoms with Gasteiger partial charge in [0.2, 0.25) is 0 Å². The second kappa shape index (κ2) is 4.82. The molecule has 0 radical (unpaired) electrons. The van der Waals surface area contributed by atoms with Crippen molar-refractivity contribution in [2.45, 2.75) is 39.5 Å². The van der Waals surface area contributed by atoms with Gasteiger partial charge in [-0.05, 0) is 36.8 Å². The van der Waals surface area contributed by atoms with E-state index >= 15 is 0 Å². The van der Waals surface area contributed by atoms with Crippen LogP contribution in [0.4, 0.5) is 0 Å². The highest BCUT2D eigenvalue weighted by molar-refractivity contribution is 5.98. The number of hydrogen-bond donors (Lipinski definition) is 0. The molecule has 1 unspecified atom stereocenters. The van der Waals surface area contributed by atoms with E-state index in [1.807, 2.05) is 12.1 Å². The Balaban J connectivity index is 2.12. The van der Waals surface area contributed by atoms with Crippen molar-refractivity contribution in [2.24, 2.45) is 11.8 Å². The van der Waals surface area contributed by atoms with Crippen molar-refractivity contribution in [3.8, 4) is 0 Å². The quantitative estimate of drug-likeness (QED) is 0.683. The molecule has 0 heterocycles. The lowest BCUT2D eigenvalue weighted by Gasteiger charge is -2.09. The summed E-state index contributed by atoms with van der Waals surface area (Å²) in [6.07, 6.45) is 4.68. The Kier molecular flexibility index (Phi) is 3.42. The van der Waals surface area contributed by atoms with E-state index in [4.69, 9.17) is 0 Å². The molecule has 0 amide bonds. The molecule has 16 heavy (non-hydrogen) atoms. The largest absolute Gasteiger partial charge is 0.294 e. The molecule has 1 aromatic rings. The number of Topliss-reactive ketones (excluding diaryl/α,β-unsaturated/α-hetero) is 1. The molecule has 0 N–H and O–H groups in total. The van der Waals surface area contributed by atoms with Gasteiger partial charge in [-0.2, -0.15) is 0 Å². The first-order valence-electron chi connectivity index (χ1n) is 6.35. The highest BCUT2D eigenvalue weighted by Crippen LogP contribution is 2.38. The van der Waals surface area contributed by atoms with E-state index in [1.54, 1.807) is 0 Å². The van der Waals surface area contributed by atoms with Crippen LogP contribution in [0, 0.1) is 11.8 Å². The standard InChI is InChI=1S/C15H20O/c1-3-5-12-6-4-7-14(10-12)15(16)11(2)13-8-9-13/h4,6-7,10-11,13H,3,5,8-9H2,1-2H3. The molecular formula is C15H20O. The van der Waals surface area contributed by atoms with E-state index in [0.29, 0.717) is 11.7 Å². The number of hydrogen-bond acceptors (Lipinski definition) is 1. The zero-order valence-electron chi connectivity index (χ0n) is 10.2. The Labute approximate surface area is 97.9 Å². The number of carbonyl (C=O) groups is 1. The summed E-state index contributed by atoms with van der Waals surface area (Å²) in [7, 11) is 0. The van der Waals surface area contributed by atoms with Crippen molar-refractivity contribution in [2.75, 3.05) is 0 Å². The lowest BCUT2D eigenvalue weighted by Crippen LogP contribution is -2.13. The van der Waals surface area contributed by atoms with Crippen LogP contribution in [0.5, 0.6) is 0 Å². The summed E-state index contributed by atoms with van der Waals surface area (Å²) < 4.78 is 0. The molecule has 0 spiro atoms. The SMILES string of the molecule is CCCc1cccc(C(=O)C(C)C2CC2)c1. The zero-order chi connectivity index (χ0) is 11.5. The average molecular weight is 216 g/mol. The number of benzene rings is 1. The monoisotopic (exact) mass is 216 g/mol. The van der Waals surface area contributed by atoms with Gasteiger partial charge in [0, 0.05) is 11.5 Å². The molecule has 1 nitrogen and oxygen atoms in total. The minimum atomic E-state index is 0.219. The predicted octanol–water partition coefficient (Wildman–Crippen LogP) is 3.87. The van der Waals surface area contributed by atoms with Crippen molar-refractivity contribution in [3.63, 3.8) is 0 Å². The van der Waals surface area contributed by atoms with Gasteiger partial charge in [0.25, 0.3) is 0 Å². The fourth-order valence-electron chi connectivity index (χ4n) is 2.24. The Morgan fingerprint density at radius 3 is 2.81 bits per heavy atom. The Bertz CT molecular complexity index is 377. The summed E-state index contributed by atoms with van der Waals surface area (Å²) in [6, 6.07) is 8.16. The van der Waals surface area contributed by atoms with Crippen LogP contribution in [0.25, 0.3) is 0 Å². The second-order valence-electron chi connectivity index (χ2n) is 4.94. The van der Waals surface area contributed by atoms with E-state index < -0.39 is 0 Å². The predicted molar refractivity (Wildman–Crippen MR) is 66.7 cm³/mol. The number of rotatable bonds is 5. The van der Waals surface area contributed by atoms with E-state index in [2.05, 4.69) is 26.0 Å². The lowest BCUT2D eigenvalue weighted by molar-refractivity contribution is 0.0916. The van der Waals surface area contributed by atoms with E-state index in [-0.39, 0.29) is 5.92 Å². The molecular weight excluding hydrogens is 196 g/mol. The fourth-order valence-corrected chi connectivity index (χ4v) is 2.24. The molecule has 1 saturated carbocycles. The van der Waals surface area contributed by atoms with Crippen LogP contribution in [-0.4, -0.2) is 5.78 Å². The van der Waals surface area contributed by atoms with Gasteiger partial charge in [0.1, 0.15) is 0 Å². The first kappa shape index (κ1) is 11.4. The summed E-state index contributed by atoms with van der Waals surface area (Å²) in [5.41, 5.74) is 2.20. The molecule has 1 aliphatic carbocycles. The number of carbonyl (C=O) groups excluding carboxylic acids is 1. The summed E-state index contributed by atoms with van der Waals surface area (Å²) in [5, 5.41) is 0. The molecule has 0 aliphatic heterocycles. The lowest BCUT2D eigenvalue weighted by atomic mass is 9.93. The molecule has 1 fully saturated rings. The first-order valence-corrected chi connectivity index (χ1v) is 6.35. The molecule has 86 valence electrons. The maximum absolute atomic E-state index is 12.2. The Hall–Kier alpha value is -1.11. The van der Waals surface area contributed by atoms with Crippen LogP contribution >= 0.6 is 0 Å². The minimum Gasteiger partial charge on any atom is -0.294 e. The smallest absolute Gasteiger partial charge is 0.165 e. The Morgan fingerprint density at radius 1 is 1.44 bits per heavy atom. The maximum Gasteiger partial charge on any atom is 0.165 e. The third kappa shape index (κ3) is 2.52. The van der Waals surface area contributed by atoms with Crippen molar-refractivity contribution in [1.82, 2.24) is 0 Å². The second-order valence-corrected chi connectivity index (χ2v) is 4.94. The summed E-state index contributed by atoms with van der Waals surface area (Å²) in [6.45, 7) is 4.24. The topological polar surface area (TPSA) is 17.1 Å². The molecule has 1 atom stereocenters. The molecule has 1 heteroatoms. The van der Waals surface area contributed by atoms with Gasteiger partial charge in [0.15, 0.2) is 5.78 Å². The highest BCUT2D eigenvalue weighted by atomic mass is 16.1. The van der Waals surface area contributed by atoms with Crippen LogP contribution < -0.4 is 0 Å². The summed E-state index contributed by atoms with van der Waals surface area (Å²) in [4.78, 5) is 12.2. The van der Waals surface area contributed by atoms with Gasteiger partial charge in [-0.3, -0.25) is 4.79 Å². The first-order chi connectivity index (χ1) is 7.72. The van der Waals surface area contributed by atoms with Gasteiger partial charge >= 0.3 is 0 Å². The van der Waals surface area contributed by atoms with Gasteiger partial charge in [-0.25, -0.2) is 0 Å². The fraction of sp³-hybridized carbons (Fsp3) is 0.533. The molecule has 2 rings (SSSR count). The summed E-state index contributed by atoms with van der Waals surface area (Å²) >= 11 is 0. The Morgan fingerprint density at radius 2 is 2.19 bits per heavy atom. The van der Waals surface area contributed by atoms with E-state index in [1.165, 1.54) is 18.4 Å². The van der Waals surface area contributed by atoms with Crippen molar-refractivity contribution >= 4 is 5.78 Å². The molecule has 0 saturated heterocycles. The third-order valence-electron chi connectivity index (χ3n) is 3.49. The minimum absolute atomic E-state index is 0.219. The average Bonchev–Trinajstić information content (AvgIpc) is 3.12. The van der Waals surface area contributed by atoms with Gasteiger partial charge < -0.3 is 0 Å². The van der Waals surface area contributed by atoms with E-state index in [9.17, 15) is 4.79 Å². The van der Waals surface area contributed by atoms with Gasteiger partial charge in [-0.1, -0.05) is 38.5 Å². The van der Waals surface area contributed by atoms with Crippen LogP contribution in [0.2, 0.25) is 0 Å². The van der Waals surface area contributed by atoms with E-state index in [0.717, 1.165) is 18.4 Å². The van der Waals surface area contributed by atoms with Crippen molar-refractivity contribution in [3.05, 3.63) is 35.4 Å². The number of ketones is 1. The van der Waals surface area contributed by atoms with Crippen LogP contribution in [0.1, 0.15) is 49.0 Å². The van der Waals surface area contributed by atoms with Gasteiger partial charge in [0.05, 0.1) is 0 Å².